The molecular weight excluding hydrogens is 470 g/mol. The summed E-state index contributed by atoms with van der Waals surface area (Å²) in [5.41, 5.74) is 1.15. The van der Waals surface area contributed by atoms with Crippen LogP contribution in [0.4, 0.5) is 0 Å². The molecule has 5 rings (SSSR count). The Morgan fingerprint density at radius 3 is 2.49 bits per heavy atom. The number of piperazine rings is 1. The van der Waals surface area contributed by atoms with E-state index in [0.29, 0.717) is 38.2 Å². The molecule has 0 aliphatic carbocycles. The third-order valence-corrected chi connectivity index (χ3v) is 8.84. The Labute approximate surface area is 206 Å². The Morgan fingerprint density at radius 2 is 1.74 bits per heavy atom. The number of fused-ring (bicyclic) bond motifs is 1. The minimum Gasteiger partial charge on any atom is -0.497 e. The van der Waals surface area contributed by atoms with Gasteiger partial charge >= 0.3 is 0 Å². The first-order chi connectivity index (χ1) is 16.9. The summed E-state index contributed by atoms with van der Waals surface area (Å²) in [6, 6.07) is 12.4. The van der Waals surface area contributed by atoms with Gasteiger partial charge in [-0.1, -0.05) is 6.07 Å². The van der Waals surface area contributed by atoms with E-state index in [1.807, 2.05) is 23.1 Å². The fraction of sp³-hybridized carbons (Fsp3) is 0.480. The van der Waals surface area contributed by atoms with Crippen LogP contribution in [-0.4, -0.2) is 81.6 Å². The van der Waals surface area contributed by atoms with Crippen LogP contribution in [0.2, 0.25) is 0 Å². The molecule has 0 radical (unpaired) electrons. The minimum atomic E-state index is -3.65. The molecule has 188 valence electrons. The molecule has 35 heavy (non-hydrogen) atoms. The molecule has 3 heterocycles. The molecule has 2 fully saturated rings. The number of carbonyl (C=O) groups excluding carboxylic acids is 1. The Bertz CT molecular complexity index is 1160. The van der Waals surface area contributed by atoms with E-state index in [1.165, 1.54) is 4.31 Å². The molecule has 0 bridgehead atoms. The van der Waals surface area contributed by atoms with Gasteiger partial charge in [0.2, 0.25) is 22.7 Å². The van der Waals surface area contributed by atoms with Crippen molar-refractivity contribution in [1.29, 1.82) is 0 Å². The molecular formula is C25H31N3O6S. The van der Waals surface area contributed by atoms with Gasteiger partial charge in [0.05, 0.1) is 17.9 Å². The average molecular weight is 502 g/mol. The number of piperidine rings is 1. The third-order valence-electron chi connectivity index (χ3n) is 6.96. The molecule has 0 unspecified atom stereocenters. The number of benzene rings is 2. The summed E-state index contributed by atoms with van der Waals surface area (Å²) in [7, 11) is -2.11. The number of hydrogen-bond acceptors (Lipinski definition) is 7. The molecule has 10 heteroatoms. The van der Waals surface area contributed by atoms with Crippen molar-refractivity contribution in [2.45, 2.75) is 24.3 Å². The van der Waals surface area contributed by atoms with Crippen molar-refractivity contribution in [3.8, 4) is 17.2 Å². The van der Waals surface area contributed by atoms with Crippen molar-refractivity contribution in [3.63, 3.8) is 0 Å². The van der Waals surface area contributed by atoms with Gasteiger partial charge in [0, 0.05) is 45.8 Å². The summed E-state index contributed by atoms with van der Waals surface area (Å²) in [5, 5.41) is 0. The first-order valence-electron chi connectivity index (χ1n) is 12.0. The van der Waals surface area contributed by atoms with E-state index < -0.39 is 10.0 Å². The number of nitrogens with zero attached hydrogens (tertiary/aromatic N) is 3. The number of carbonyl (C=O) groups is 1. The lowest BCUT2D eigenvalue weighted by atomic mass is 9.97. The van der Waals surface area contributed by atoms with Crippen LogP contribution in [0.1, 0.15) is 18.4 Å². The van der Waals surface area contributed by atoms with Crippen LogP contribution in [0.25, 0.3) is 0 Å². The van der Waals surface area contributed by atoms with E-state index in [4.69, 9.17) is 14.2 Å². The van der Waals surface area contributed by atoms with Crippen molar-refractivity contribution in [1.82, 2.24) is 14.1 Å². The SMILES string of the molecule is COc1ccc(S(=O)(=O)N2CCC[C@H](C(=O)N3CCN(Cc4ccc5c(c4)OCO5)CC3)C2)cc1. The fourth-order valence-corrected chi connectivity index (χ4v) is 6.46. The van der Waals surface area contributed by atoms with Crippen LogP contribution in [0.5, 0.6) is 17.2 Å². The Hall–Kier alpha value is -2.82. The second-order valence-corrected chi connectivity index (χ2v) is 11.1. The van der Waals surface area contributed by atoms with Crippen LogP contribution >= 0.6 is 0 Å². The zero-order valence-corrected chi connectivity index (χ0v) is 20.7. The van der Waals surface area contributed by atoms with E-state index in [2.05, 4.69) is 4.90 Å². The van der Waals surface area contributed by atoms with Crippen molar-refractivity contribution >= 4 is 15.9 Å². The van der Waals surface area contributed by atoms with Gasteiger partial charge in [-0.15, -0.1) is 0 Å². The fourth-order valence-electron chi connectivity index (χ4n) is 4.94. The predicted octanol–water partition coefficient (Wildman–Crippen LogP) is 2.17. The molecule has 2 aromatic carbocycles. The molecule has 0 spiro atoms. The minimum absolute atomic E-state index is 0.0577. The van der Waals surface area contributed by atoms with Crippen molar-refractivity contribution in [2.75, 3.05) is 53.2 Å². The van der Waals surface area contributed by atoms with Gasteiger partial charge in [-0.3, -0.25) is 9.69 Å². The summed E-state index contributed by atoms with van der Waals surface area (Å²) in [5.74, 6) is 1.91. The van der Waals surface area contributed by atoms with Crippen LogP contribution in [0.15, 0.2) is 47.4 Å². The summed E-state index contributed by atoms with van der Waals surface area (Å²) in [6.45, 7) is 4.55. The summed E-state index contributed by atoms with van der Waals surface area (Å²) in [4.78, 5) is 17.7. The maximum absolute atomic E-state index is 13.3. The highest BCUT2D eigenvalue weighted by Crippen LogP contribution is 2.33. The smallest absolute Gasteiger partial charge is 0.243 e. The number of sulfonamides is 1. The number of amides is 1. The molecule has 2 aromatic rings. The van der Waals surface area contributed by atoms with Gasteiger partial charge in [-0.05, 0) is 54.8 Å². The summed E-state index contributed by atoms with van der Waals surface area (Å²) >= 11 is 0. The molecule has 3 aliphatic rings. The Kier molecular flexibility index (Phi) is 6.86. The lowest BCUT2D eigenvalue weighted by Gasteiger charge is -2.38. The van der Waals surface area contributed by atoms with E-state index in [9.17, 15) is 13.2 Å². The molecule has 0 aromatic heterocycles. The third kappa shape index (κ3) is 5.10. The molecule has 0 N–H and O–H groups in total. The molecule has 1 amide bonds. The number of rotatable bonds is 6. The number of methoxy groups -OCH3 is 1. The highest BCUT2D eigenvalue weighted by atomic mass is 32.2. The van der Waals surface area contributed by atoms with E-state index >= 15 is 0 Å². The monoisotopic (exact) mass is 501 g/mol. The molecule has 0 saturated carbocycles. The zero-order chi connectivity index (χ0) is 24.4. The maximum atomic E-state index is 13.3. The van der Waals surface area contributed by atoms with E-state index in [0.717, 1.165) is 36.7 Å². The van der Waals surface area contributed by atoms with Gasteiger partial charge in [-0.2, -0.15) is 4.31 Å². The van der Waals surface area contributed by atoms with Gasteiger partial charge in [0.1, 0.15) is 5.75 Å². The Morgan fingerprint density at radius 1 is 1.00 bits per heavy atom. The number of ether oxygens (including phenoxy) is 3. The first-order valence-corrected chi connectivity index (χ1v) is 13.4. The van der Waals surface area contributed by atoms with Crippen molar-refractivity contribution in [2.24, 2.45) is 5.92 Å². The van der Waals surface area contributed by atoms with Gasteiger partial charge in [-0.25, -0.2) is 8.42 Å². The largest absolute Gasteiger partial charge is 0.497 e. The molecule has 3 aliphatic heterocycles. The van der Waals surface area contributed by atoms with E-state index in [1.54, 1.807) is 31.4 Å². The number of hydrogen-bond donors (Lipinski definition) is 0. The topological polar surface area (TPSA) is 88.6 Å². The van der Waals surface area contributed by atoms with Crippen LogP contribution in [-0.2, 0) is 21.4 Å². The second-order valence-electron chi connectivity index (χ2n) is 9.17. The van der Waals surface area contributed by atoms with Gasteiger partial charge in [0.25, 0.3) is 0 Å². The van der Waals surface area contributed by atoms with Gasteiger partial charge in [0.15, 0.2) is 11.5 Å². The standard InChI is InChI=1S/C25H31N3O6S/c1-32-21-5-7-22(8-6-21)35(30,31)28-10-2-3-20(17-28)25(29)27-13-11-26(12-14-27)16-19-4-9-23-24(15-19)34-18-33-23/h4-9,15,20H,2-3,10-14,16-18H2,1H3/t20-/m0/s1. The summed E-state index contributed by atoms with van der Waals surface area (Å²) in [6.07, 6.45) is 1.39. The average Bonchev–Trinajstić information content (AvgIpc) is 3.37. The first kappa shape index (κ1) is 23.9. The lowest BCUT2D eigenvalue weighted by molar-refractivity contribution is -0.138. The van der Waals surface area contributed by atoms with Gasteiger partial charge < -0.3 is 19.1 Å². The highest BCUT2D eigenvalue weighted by Gasteiger charge is 2.36. The quantitative estimate of drug-likeness (QED) is 0.599. The van der Waals surface area contributed by atoms with Crippen LogP contribution in [0.3, 0.4) is 0 Å². The predicted molar refractivity (Wildman–Crippen MR) is 129 cm³/mol. The second kappa shape index (κ2) is 10.0. The zero-order valence-electron chi connectivity index (χ0n) is 19.9. The molecule has 1 atom stereocenters. The van der Waals surface area contributed by atoms with E-state index in [-0.39, 0.29) is 30.1 Å². The maximum Gasteiger partial charge on any atom is 0.243 e. The highest BCUT2D eigenvalue weighted by molar-refractivity contribution is 7.89. The van der Waals surface area contributed by atoms with Crippen molar-refractivity contribution < 1.29 is 27.4 Å². The Balaban J connectivity index is 1.16. The van der Waals surface area contributed by atoms with Crippen LogP contribution in [0, 0.1) is 5.92 Å². The molecule has 2 saturated heterocycles. The lowest BCUT2D eigenvalue weighted by Crippen LogP contribution is -2.52. The van der Waals surface area contributed by atoms with Crippen molar-refractivity contribution in [3.05, 3.63) is 48.0 Å². The normalized spacial score (nSPS) is 21.2. The molecule has 9 nitrogen and oxygen atoms in total. The van der Waals surface area contributed by atoms with Crippen LogP contribution < -0.4 is 14.2 Å². The summed E-state index contributed by atoms with van der Waals surface area (Å²) < 4.78 is 43.7.